The van der Waals surface area contributed by atoms with E-state index in [1.165, 1.54) is 11.3 Å². The highest BCUT2D eigenvalue weighted by atomic mass is 32.1. The van der Waals surface area contributed by atoms with Crippen LogP contribution in [-0.2, 0) is 16.6 Å². The summed E-state index contributed by atoms with van der Waals surface area (Å²) in [5, 5.41) is 9.99. The molecule has 0 spiro atoms. The molecule has 0 unspecified atom stereocenters. The number of nitrogens with zero attached hydrogens (tertiary/aromatic N) is 1. The van der Waals surface area contributed by atoms with Gasteiger partial charge in [0, 0.05) is 18.4 Å². The van der Waals surface area contributed by atoms with Crippen LogP contribution >= 0.6 is 11.3 Å². The normalized spacial score (nSPS) is 11.8. The Balaban J connectivity index is 2.93. The monoisotopic (exact) mass is 257 g/mol. The van der Waals surface area contributed by atoms with Gasteiger partial charge < -0.3 is 9.84 Å². The number of ether oxygens (including phenoxy) is 1. The Hall–Kier alpha value is -0.940. The first kappa shape index (κ1) is 14.1. The molecule has 0 aromatic carbocycles. The highest BCUT2D eigenvalue weighted by molar-refractivity contribution is 7.13. The number of carbonyl (C=O) groups is 1. The fraction of sp³-hybridized carbons (Fsp3) is 0.667. The van der Waals surface area contributed by atoms with Crippen LogP contribution in [0.1, 0.15) is 48.1 Å². The molecule has 1 aromatic heterocycles. The van der Waals surface area contributed by atoms with E-state index >= 15 is 0 Å². The van der Waals surface area contributed by atoms with Gasteiger partial charge in [-0.2, -0.15) is 0 Å². The molecular formula is C12H19NO3S. The van der Waals surface area contributed by atoms with Crippen LogP contribution in [0.15, 0.2) is 0 Å². The topological polar surface area (TPSA) is 59.4 Å². The van der Waals surface area contributed by atoms with Gasteiger partial charge >= 0.3 is 5.97 Å². The molecule has 0 saturated heterocycles. The molecule has 0 atom stereocenters. The molecular weight excluding hydrogens is 238 g/mol. The quantitative estimate of drug-likeness (QED) is 0.824. The third kappa shape index (κ3) is 3.78. The summed E-state index contributed by atoms with van der Waals surface area (Å²) >= 11 is 1.25. The molecule has 0 radical (unpaired) electrons. The van der Waals surface area contributed by atoms with Crippen molar-refractivity contribution in [3.8, 4) is 0 Å². The first-order chi connectivity index (χ1) is 7.86. The summed E-state index contributed by atoms with van der Waals surface area (Å²) in [6.45, 7) is 9.11. The molecule has 1 aromatic rings. The van der Waals surface area contributed by atoms with E-state index in [2.05, 4.69) is 4.98 Å². The van der Waals surface area contributed by atoms with Crippen molar-refractivity contribution >= 4 is 17.3 Å². The minimum absolute atomic E-state index is 0.242. The number of thiazole rings is 1. The summed E-state index contributed by atoms with van der Waals surface area (Å²) < 4.78 is 5.25. The molecule has 1 heterocycles. The Labute approximate surface area is 106 Å². The van der Waals surface area contributed by atoms with Gasteiger partial charge in [0.25, 0.3) is 0 Å². The summed E-state index contributed by atoms with van der Waals surface area (Å²) in [4.78, 5) is 15.9. The fourth-order valence-electron chi connectivity index (χ4n) is 1.43. The van der Waals surface area contributed by atoms with E-state index in [1.54, 1.807) is 0 Å². The zero-order valence-corrected chi connectivity index (χ0v) is 11.6. The number of carboxylic acid groups (broad SMARTS) is 1. The number of carboxylic acids is 1. The van der Waals surface area contributed by atoms with E-state index in [0.717, 1.165) is 5.01 Å². The molecule has 1 N–H and O–H groups in total. The van der Waals surface area contributed by atoms with Crippen LogP contribution in [0.5, 0.6) is 0 Å². The van der Waals surface area contributed by atoms with Crippen LogP contribution in [0, 0.1) is 0 Å². The Morgan fingerprint density at radius 2 is 2.12 bits per heavy atom. The van der Waals surface area contributed by atoms with Crippen LogP contribution in [0.3, 0.4) is 0 Å². The first-order valence-corrected chi connectivity index (χ1v) is 6.49. The number of hydrogen-bond acceptors (Lipinski definition) is 4. The van der Waals surface area contributed by atoms with E-state index in [4.69, 9.17) is 9.84 Å². The minimum Gasteiger partial charge on any atom is -0.477 e. The van der Waals surface area contributed by atoms with Crippen LogP contribution in [0.2, 0.25) is 0 Å². The predicted molar refractivity (Wildman–Crippen MR) is 68.0 cm³/mol. The summed E-state index contributed by atoms with van der Waals surface area (Å²) in [6.07, 6.45) is 0.675. The molecule has 0 amide bonds. The lowest BCUT2D eigenvalue weighted by Crippen LogP contribution is -2.16. The second-order valence-corrected chi connectivity index (χ2v) is 5.87. The van der Waals surface area contributed by atoms with E-state index in [9.17, 15) is 4.79 Å². The van der Waals surface area contributed by atoms with Gasteiger partial charge in [-0.15, -0.1) is 11.3 Å². The Morgan fingerprint density at radius 3 is 2.53 bits per heavy atom. The zero-order valence-electron chi connectivity index (χ0n) is 10.7. The van der Waals surface area contributed by atoms with Gasteiger partial charge in [0.15, 0.2) is 0 Å². The Kier molecular flexibility index (Phi) is 4.65. The highest BCUT2D eigenvalue weighted by Gasteiger charge is 2.26. The summed E-state index contributed by atoms with van der Waals surface area (Å²) in [5.74, 6) is -0.893. The van der Waals surface area contributed by atoms with E-state index < -0.39 is 5.97 Å². The average Bonchev–Trinajstić information content (AvgIpc) is 2.62. The van der Waals surface area contributed by atoms with Gasteiger partial charge in [-0.3, -0.25) is 0 Å². The molecule has 4 nitrogen and oxygen atoms in total. The van der Waals surface area contributed by atoms with Gasteiger partial charge in [-0.1, -0.05) is 20.8 Å². The van der Waals surface area contributed by atoms with Crippen molar-refractivity contribution in [3.63, 3.8) is 0 Å². The molecule has 1 rings (SSSR count). The number of rotatable bonds is 5. The molecule has 0 bridgehead atoms. The molecule has 0 fully saturated rings. The van der Waals surface area contributed by atoms with Gasteiger partial charge in [-0.05, 0) is 6.92 Å². The number of aromatic carboxylic acids is 1. The van der Waals surface area contributed by atoms with Crippen molar-refractivity contribution in [1.82, 2.24) is 4.98 Å². The predicted octanol–water partition coefficient (Wildman–Crippen LogP) is 2.72. The third-order valence-electron chi connectivity index (χ3n) is 2.24. The van der Waals surface area contributed by atoms with Crippen LogP contribution in [0.25, 0.3) is 0 Å². The summed E-state index contributed by atoms with van der Waals surface area (Å²) in [7, 11) is 0. The minimum atomic E-state index is -0.893. The number of aromatic nitrogens is 1. The standard InChI is InChI=1S/C12H19NO3S/c1-5-16-7-6-8-13-10(12(2,3)4)9(17-8)11(14)15/h5-7H2,1-4H3,(H,14,15). The third-order valence-corrected chi connectivity index (χ3v) is 3.34. The highest BCUT2D eigenvalue weighted by Crippen LogP contribution is 2.29. The second-order valence-electron chi connectivity index (χ2n) is 4.79. The van der Waals surface area contributed by atoms with Crippen molar-refractivity contribution in [3.05, 3.63) is 15.6 Å². The van der Waals surface area contributed by atoms with Crippen molar-refractivity contribution in [2.24, 2.45) is 0 Å². The van der Waals surface area contributed by atoms with Gasteiger partial charge in [0.1, 0.15) is 4.88 Å². The number of hydrogen-bond donors (Lipinski definition) is 1. The van der Waals surface area contributed by atoms with Gasteiger partial charge in [0.05, 0.1) is 17.3 Å². The Bertz CT molecular complexity index is 393. The fourth-order valence-corrected chi connectivity index (χ4v) is 2.52. The summed E-state index contributed by atoms with van der Waals surface area (Å²) in [6, 6.07) is 0. The van der Waals surface area contributed by atoms with Gasteiger partial charge in [0.2, 0.25) is 0 Å². The van der Waals surface area contributed by atoms with Crippen molar-refractivity contribution in [1.29, 1.82) is 0 Å². The van der Waals surface area contributed by atoms with Crippen molar-refractivity contribution in [2.75, 3.05) is 13.2 Å². The largest absolute Gasteiger partial charge is 0.477 e. The molecule has 0 saturated carbocycles. The van der Waals surface area contributed by atoms with E-state index in [-0.39, 0.29) is 5.41 Å². The Morgan fingerprint density at radius 1 is 1.47 bits per heavy atom. The van der Waals surface area contributed by atoms with Crippen LogP contribution in [0.4, 0.5) is 0 Å². The zero-order chi connectivity index (χ0) is 13.1. The maximum absolute atomic E-state index is 11.2. The molecule has 0 aliphatic carbocycles. The molecule has 0 aliphatic heterocycles. The van der Waals surface area contributed by atoms with E-state index in [0.29, 0.717) is 30.2 Å². The van der Waals surface area contributed by atoms with Crippen LogP contribution in [-0.4, -0.2) is 29.3 Å². The van der Waals surface area contributed by atoms with Crippen molar-refractivity contribution < 1.29 is 14.6 Å². The molecule has 0 aliphatic rings. The maximum Gasteiger partial charge on any atom is 0.347 e. The molecule has 5 heteroatoms. The lowest BCUT2D eigenvalue weighted by Gasteiger charge is -2.16. The van der Waals surface area contributed by atoms with Crippen molar-refractivity contribution in [2.45, 2.75) is 39.5 Å². The van der Waals surface area contributed by atoms with Gasteiger partial charge in [-0.25, -0.2) is 9.78 Å². The SMILES string of the molecule is CCOCCc1nc(C(C)(C)C)c(C(=O)O)s1. The smallest absolute Gasteiger partial charge is 0.347 e. The average molecular weight is 257 g/mol. The van der Waals surface area contributed by atoms with E-state index in [1.807, 2.05) is 27.7 Å². The lowest BCUT2D eigenvalue weighted by atomic mass is 9.91. The second kappa shape index (κ2) is 5.60. The van der Waals surface area contributed by atoms with Crippen LogP contribution < -0.4 is 0 Å². The summed E-state index contributed by atoms with van der Waals surface area (Å²) in [5.41, 5.74) is 0.426. The maximum atomic E-state index is 11.2. The molecule has 17 heavy (non-hydrogen) atoms. The lowest BCUT2D eigenvalue weighted by molar-refractivity contribution is 0.0699. The first-order valence-electron chi connectivity index (χ1n) is 5.67. The molecule has 96 valence electrons.